The Bertz CT molecular complexity index is 455. The fourth-order valence-electron chi connectivity index (χ4n) is 2.34. The third kappa shape index (κ3) is 3.39. The number of hydrogen-bond donors (Lipinski definition) is 1. The van der Waals surface area contributed by atoms with Crippen LogP contribution < -0.4 is 9.47 Å². The van der Waals surface area contributed by atoms with Gasteiger partial charge in [-0.05, 0) is 37.7 Å². The lowest BCUT2D eigenvalue weighted by atomic mass is 10.00. The zero-order chi connectivity index (χ0) is 14.4. The van der Waals surface area contributed by atoms with E-state index in [1.807, 2.05) is 31.2 Å². The number of aliphatic carboxylic acids is 1. The number of hydrogen-bond acceptors (Lipinski definition) is 4. The summed E-state index contributed by atoms with van der Waals surface area (Å²) in [4.78, 5) is 11.4. The molecule has 1 aliphatic rings. The highest BCUT2D eigenvalue weighted by Gasteiger charge is 2.42. The van der Waals surface area contributed by atoms with Crippen LogP contribution in [0.25, 0.3) is 0 Å². The molecule has 1 saturated heterocycles. The predicted molar refractivity (Wildman–Crippen MR) is 79.8 cm³/mol. The van der Waals surface area contributed by atoms with Crippen LogP contribution in [0.4, 0.5) is 0 Å². The van der Waals surface area contributed by atoms with Crippen LogP contribution >= 0.6 is 11.8 Å². The minimum absolute atomic E-state index is 0.392. The maximum Gasteiger partial charge on any atom is 0.319 e. The molecule has 0 radical (unpaired) electrons. The van der Waals surface area contributed by atoms with E-state index in [0.29, 0.717) is 31.1 Å². The van der Waals surface area contributed by atoms with Gasteiger partial charge in [-0.3, -0.25) is 4.79 Å². The van der Waals surface area contributed by atoms with Gasteiger partial charge < -0.3 is 14.6 Å². The molecule has 1 fully saturated rings. The Morgan fingerprint density at radius 2 is 2.05 bits per heavy atom. The second kappa shape index (κ2) is 6.88. The first-order chi connectivity index (χ1) is 9.68. The van der Waals surface area contributed by atoms with E-state index >= 15 is 0 Å². The van der Waals surface area contributed by atoms with Gasteiger partial charge in [0, 0.05) is 6.42 Å². The third-order valence-corrected chi connectivity index (χ3v) is 5.03. The van der Waals surface area contributed by atoms with Crippen molar-refractivity contribution >= 4 is 17.7 Å². The van der Waals surface area contributed by atoms with Gasteiger partial charge in [0.2, 0.25) is 0 Å². The first kappa shape index (κ1) is 15.0. The zero-order valence-corrected chi connectivity index (χ0v) is 12.4. The molecule has 1 unspecified atom stereocenters. The summed E-state index contributed by atoms with van der Waals surface area (Å²) in [5, 5.41) is 9.40. The van der Waals surface area contributed by atoms with Gasteiger partial charge in [0.1, 0.15) is 4.75 Å². The summed E-state index contributed by atoms with van der Waals surface area (Å²) in [7, 11) is 0. The zero-order valence-electron chi connectivity index (χ0n) is 11.6. The molecule has 1 atom stereocenters. The Labute approximate surface area is 123 Å². The smallest absolute Gasteiger partial charge is 0.319 e. The maximum atomic E-state index is 11.4. The summed E-state index contributed by atoms with van der Waals surface area (Å²) in [5.41, 5.74) is 0. The molecule has 20 heavy (non-hydrogen) atoms. The SMILES string of the molecule is CCOc1ccccc1OCCC1(C(=O)O)CCCS1. The molecular weight excluding hydrogens is 276 g/mol. The fourth-order valence-corrected chi connectivity index (χ4v) is 3.66. The minimum atomic E-state index is -0.721. The van der Waals surface area contributed by atoms with E-state index in [9.17, 15) is 9.90 Å². The number of benzene rings is 1. The van der Waals surface area contributed by atoms with Gasteiger partial charge in [-0.2, -0.15) is 0 Å². The largest absolute Gasteiger partial charge is 0.490 e. The van der Waals surface area contributed by atoms with Crippen LogP contribution in [0.3, 0.4) is 0 Å². The van der Waals surface area contributed by atoms with Gasteiger partial charge >= 0.3 is 5.97 Å². The Morgan fingerprint density at radius 3 is 2.60 bits per heavy atom. The summed E-state index contributed by atoms with van der Waals surface area (Å²) in [5.74, 6) is 1.58. The molecule has 2 rings (SSSR count). The molecule has 0 aliphatic carbocycles. The summed E-state index contributed by atoms with van der Waals surface area (Å²) < 4.78 is 10.5. The van der Waals surface area contributed by atoms with E-state index in [1.54, 1.807) is 0 Å². The van der Waals surface area contributed by atoms with E-state index in [1.165, 1.54) is 11.8 Å². The van der Waals surface area contributed by atoms with Crippen LogP contribution in [0.2, 0.25) is 0 Å². The minimum Gasteiger partial charge on any atom is -0.490 e. The van der Waals surface area contributed by atoms with E-state index in [2.05, 4.69) is 0 Å². The number of thioether (sulfide) groups is 1. The van der Waals surface area contributed by atoms with Gasteiger partial charge in [0.25, 0.3) is 0 Å². The summed E-state index contributed by atoms with van der Waals surface area (Å²) in [6, 6.07) is 7.48. The second-order valence-electron chi connectivity index (χ2n) is 4.73. The van der Waals surface area contributed by atoms with Crippen molar-refractivity contribution in [3.8, 4) is 11.5 Å². The highest BCUT2D eigenvalue weighted by Crippen LogP contribution is 2.41. The quantitative estimate of drug-likeness (QED) is 0.837. The Kier molecular flexibility index (Phi) is 5.17. The van der Waals surface area contributed by atoms with Crippen LogP contribution in [0.1, 0.15) is 26.2 Å². The van der Waals surface area contributed by atoms with Crippen molar-refractivity contribution in [3.05, 3.63) is 24.3 Å². The van der Waals surface area contributed by atoms with Crippen molar-refractivity contribution in [1.29, 1.82) is 0 Å². The van der Waals surface area contributed by atoms with Crippen molar-refractivity contribution in [2.45, 2.75) is 30.9 Å². The molecular formula is C15H20O4S. The lowest BCUT2D eigenvalue weighted by Crippen LogP contribution is -2.34. The van der Waals surface area contributed by atoms with Crippen molar-refractivity contribution in [2.24, 2.45) is 0 Å². The first-order valence-electron chi connectivity index (χ1n) is 6.90. The number of ether oxygens (including phenoxy) is 2. The first-order valence-corrected chi connectivity index (χ1v) is 7.88. The average molecular weight is 296 g/mol. The third-order valence-electron chi connectivity index (χ3n) is 3.41. The van der Waals surface area contributed by atoms with Crippen molar-refractivity contribution in [3.63, 3.8) is 0 Å². The topological polar surface area (TPSA) is 55.8 Å². The van der Waals surface area contributed by atoms with Crippen molar-refractivity contribution in [2.75, 3.05) is 19.0 Å². The molecule has 0 amide bonds. The van der Waals surface area contributed by atoms with Crippen LogP contribution in [-0.2, 0) is 4.79 Å². The highest BCUT2D eigenvalue weighted by atomic mass is 32.2. The Morgan fingerprint density at radius 1 is 1.35 bits per heavy atom. The lowest BCUT2D eigenvalue weighted by molar-refractivity contribution is -0.140. The number of carboxylic acid groups (broad SMARTS) is 1. The Balaban J connectivity index is 1.94. The van der Waals surface area contributed by atoms with Crippen molar-refractivity contribution in [1.82, 2.24) is 0 Å². The highest BCUT2D eigenvalue weighted by molar-refractivity contribution is 8.01. The molecule has 1 N–H and O–H groups in total. The summed E-state index contributed by atoms with van der Waals surface area (Å²) >= 11 is 1.54. The second-order valence-corrected chi connectivity index (χ2v) is 6.21. The predicted octanol–water partition coefficient (Wildman–Crippen LogP) is 3.20. The van der Waals surface area contributed by atoms with Crippen LogP contribution in [0.5, 0.6) is 11.5 Å². The molecule has 0 aromatic heterocycles. The van der Waals surface area contributed by atoms with E-state index in [0.717, 1.165) is 18.6 Å². The molecule has 1 heterocycles. The molecule has 1 aromatic carbocycles. The summed E-state index contributed by atoms with van der Waals surface area (Å²) in [6.45, 7) is 2.89. The van der Waals surface area contributed by atoms with Crippen LogP contribution in [0, 0.1) is 0 Å². The van der Waals surface area contributed by atoms with Gasteiger partial charge in [-0.15, -0.1) is 11.8 Å². The summed E-state index contributed by atoms with van der Waals surface area (Å²) in [6.07, 6.45) is 2.21. The lowest BCUT2D eigenvalue weighted by Gasteiger charge is -2.23. The molecule has 4 nitrogen and oxygen atoms in total. The number of carbonyl (C=O) groups is 1. The number of carboxylic acids is 1. The number of rotatable bonds is 7. The standard InChI is InChI=1S/C15H20O4S/c1-2-18-12-6-3-4-7-13(12)19-10-9-15(14(16)17)8-5-11-20-15/h3-4,6-7H,2,5,8-11H2,1H3,(H,16,17). The van der Waals surface area contributed by atoms with Gasteiger partial charge in [0.05, 0.1) is 13.2 Å². The fraction of sp³-hybridized carbons (Fsp3) is 0.533. The van der Waals surface area contributed by atoms with E-state index in [-0.39, 0.29) is 0 Å². The molecule has 0 saturated carbocycles. The van der Waals surface area contributed by atoms with E-state index in [4.69, 9.17) is 9.47 Å². The van der Waals surface area contributed by atoms with Crippen molar-refractivity contribution < 1.29 is 19.4 Å². The normalized spacial score (nSPS) is 21.6. The van der Waals surface area contributed by atoms with Gasteiger partial charge in [-0.1, -0.05) is 12.1 Å². The monoisotopic (exact) mass is 296 g/mol. The van der Waals surface area contributed by atoms with E-state index < -0.39 is 10.7 Å². The van der Waals surface area contributed by atoms with Crippen LogP contribution in [0.15, 0.2) is 24.3 Å². The molecule has 1 aromatic rings. The maximum absolute atomic E-state index is 11.4. The molecule has 0 bridgehead atoms. The van der Waals surface area contributed by atoms with Gasteiger partial charge in [0.15, 0.2) is 11.5 Å². The molecule has 1 aliphatic heterocycles. The molecule has 110 valence electrons. The number of para-hydroxylation sites is 2. The average Bonchev–Trinajstić information content (AvgIpc) is 2.91. The van der Waals surface area contributed by atoms with Crippen LogP contribution in [-0.4, -0.2) is 34.8 Å². The molecule has 0 spiro atoms. The van der Waals surface area contributed by atoms with Gasteiger partial charge in [-0.25, -0.2) is 0 Å². The molecule has 5 heteroatoms. The Hall–Kier alpha value is -1.36.